The molecule has 0 aromatic heterocycles. The van der Waals surface area contributed by atoms with Crippen LogP contribution in [0.25, 0.3) is 0 Å². The Bertz CT molecular complexity index is 342. The molecule has 0 aliphatic carbocycles. The van der Waals surface area contributed by atoms with Gasteiger partial charge in [-0.2, -0.15) is 0 Å². The molecule has 1 aromatic carbocycles. The van der Waals surface area contributed by atoms with Gasteiger partial charge in [0, 0.05) is 10.9 Å². The Morgan fingerprint density at radius 1 is 1.43 bits per heavy atom. The Labute approximate surface area is 92.3 Å². The summed E-state index contributed by atoms with van der Waals surface area (Å²) in [5, 5.41) is 0. The molecule has 0 fully saturated rings. The second-order valence-corrected chi connectivity index (χ2v) is 3.51. The maximum absolute atomic E-state index is 5.45. The summed E-state index contributed by atoms with van der Waals surface area (Å²) in [6.45, 7) is 0.503. The molecule has 0 aliphatic heterocycles. The first-order chi connectivity index (χ1) is 6.77. The third kappa shape index (κ3) is 2.97. The summed E-state index contributed by atoms with van der Waals surface area (Å²) in [5.41, 5.74) is 0. The maximum Gasteiger partial charge on any atom is 0.162 e. The molecule has 0 spiro atoms. The lowest BCUT2D eigenvalue weighted by Crippen LogP contribution is -1.98. The molecule has 2 nitrogen and oxygen atoms in total. The van der Waals surface area contributed by atoms with Gasteiger partial charge in [-0.05, 0) is 18.2 Å². The van der Waals surface area contributed by atoms with Crippen LogP contribution in [0.1, 0.15) is 6.42 Å². The highest BCUT2D eigenvalue weighted by atomic mass is 79.9. The van der Waals surface area contributed by atoms with Crippen LogP contribution < -0.4 is 9.47 Å². The van der Waals surface area contributed by atoms with Crippen LogP contribution in [0.5, 0.6) is 11.5 Å². The van der Waals surface area contributed by atoms with Crippen LogP contribution in [0.4, 0.5) is 0 Å². The Balaban J connectivity index is 2.73. The fraction of sp³-hybridized carbons (Fsp3) is 0.273. The largest absolute Gasteiger partial charge is 0.493 e. The monoisotopic (exact) mass is 254 g/mol. The number of hydrogen-bond donors (Lipinski definition) is 0. The van der Waals surface area contributed by atoms with E-state index in [9.17, 15) is 0 Å². The van der Waals surface area contributed by atoms with E-state index in [4.69, 9.17) is 15.9 Å². The molecule has 1 aromatic rings. The van der Waals surface area contributed by atoms with Gasteiger partial charge in [0.2, 0.25) is 0 Å². The lowest BCUT2D eigenvalue weighted by atomic mass is 10.3. The van der Waals surface area contributed by atoms with E-state index in [0.29, 0.717) is 24.5 Å². The summed E-state index contributed by atoms with van der Waals surface area (Å²) in [6.07, 6.45) is 5.72. The van der Waals surface area contributed by atoms with E-state index in [2.05, 4.69) is 21.9 Å². The topological polar surface area (TPSA) is 18.5 Å². The molecule has 0 amide bonds. The Morgan fingerprint density at radius 2 is 2.21 bits per heavy atom. The SMILES string of the molecule is C#CCCOc1cc(Br)ccc1OC. The first-order valence-electron chi connectivity index (χ1n) is 4.17. The molecule has 0 saturated carbocycles. The Kier molecular flexibility index (Phi) is 4.34. The zero-order valence-electron chi connectivity index (χ0n) is 7.92. The minimum atomic E-state index is 0.503. The number of methoxy groups -OCH3 is 1. The van der Waals surface area contributed by atoms with Gasteiger partial charge in [-0.3, -0.25) is 0 Å². The van der Waals surface area contributed by atoms with E-state index in [-0.39, 0.29) is 0 Å². The van der Waals surface area contributed by atoms with E-state index in [1.807, 2.05) is 18.2 Å². The number of hydrogen-bond acceptors (Lipinski definition) is 2. The Morgan fingerprint density at radius 3 is 2.86 bits per heavy atom. The van der Waals surface area contributed by atoms with Crippen LogP contribution in [-0.2, 0) is 0 Å². The molecule has 0 bridgehead atoms. The lowest BCUT2D eigenvalue weighted by Gasteiger charge is -2.09. The van der Waals surface area contributed by atoms with Crippen molar-refractivity contribution in [3.8, 4) is 23.8 Å². The van der Waals surface area contributed by atoms with E-state index in [1.54, 1.807) is 7.11 Å². The molecular weight excluding hydrogens is 244 g/mol. The summed E-state index contributed by atoms with van der Waals surface area (Å²) < 4.78 is 11.5. The van der Waals surface area contributed by atoms with Crippen molar-refractivity contribution < 1.29 is 9.47 Å². The van der Waals surface area contributed by atoms with Gasteiger partial charge >= 0.3 is 0 Å². The average Bonchev–Trinajstić information content (AvgIpc) is 2.19. The number of ether oxygens (including phenoxy) is 2. The highest BCUT2D eigenvalue weighted by Crippen LogP contribution is 2.30. The molecule has 0 radical (unpaired) electrons. The van der Waals surface area contributed by atoms with Gasteiger partial charge in [0.1, 0.15) is 0 Å². The molecule has 0 aliphatic rings. The van der Waals surface area contributed by atoms with Crippen molar-refractivity contribution in [3.05, 3.63) is 22.7 Å². The van der Waals surface area contributed by atoms with Gasteiger partial charge in [0.05, 0.1) is 13.7 Å². The predicted molar refractivity (Wildman–Crippen MR) is 59.6 cm³/mol. The van der Waals surface area contributed by atoms with Crippen LogP contribution in [-0.4, -0.2) is 13.7 Å². The minimum Gasteiger partial charge on any atom is -0.493 e. The fourth-order valence-electron chi connectivity index (χ4n) is 0.983. The van der Waals surface area contributed by atoms with Crippen molar-refractivity contribution in [1.29, 1.82) is 0 Å². The molecular formula is C11H11BrO2. The number of terminal acetylenes is 1. The van der Waals surface area contributed by atoms with Crippen molar-refractivity contribution in [3.63, 3.8) is 0 Å². The Hall–Kier alpha value is -1.14. The third-order valence-corrected chi connectivity index (χ3v) is 2.12. The minimum absolute atomic E-state index is 0.503. The van der Waals surface area contributed by atoms with Gasteiger partial charge in [-0.1, -0.05) is 15.9 Å². The summed E-state index contributed by atoms with van der Waals surface area (Å²) in [4.78, 5) is 0. The van der Waals surface area contributed by atoms with Crippen molar-refractivity contribution in [2.45, 2.75) is 6.42 Å². The zero-order valence-corrected chi connectivity index (χ0v) is 9.50. The van der Waals surface area contributed by atoms with Crippen LogP contribution >= 0.6 is 15.9 Å². The highest BCUT2D eigenvalue weighted by Gasteiger charge is 2.03. The van der Waals surface area contributed by atoms with Crippen molar-refractivity contribution in [1.82, 2.24) is 0 Å². The van der Waals surface area contributed by atoms with Crippen LogP contribution in [0, 0.1) is 12.3 Å². The smallest absolute Gasteiger partial charge is 0.162 e. The molecule has 0 N–H and O–H groups in total. The van der Waals surface area contributed by atoms with E-state index < -0.39 is 0 Å². The summed E-state index contributed by atoms with van der Waals surface area (Å²) in [5.74, 6) is 3.93. The molecule has 3 heteroatoms. The molecule has 14 heavy (non-hydrogen) atoms. The molecule has 0 heterocycles. The number of rotatable bonds is 4. The first-order valence-corrected chi connectivity index (χ1v) is 4.97. The summed E-state index contributed by atoms with van der Waals surface area (Å²) in [6, 6.07) is 5.59. The summed E-state index contributed by atoms with van der Waals surface area (Å²) >= 11 is 3.36. The second-order valence-electron chi connectivity index (χ2n) is 2.60. The number of benzene rings is 1. The van der Waals surface area contributed by atoms with Crippen LogP contribution in [0.15, 0.2) is 22.7 Å². The van der Waals surface area contributed by atoms with E-state index in [1.165, 1.54) is 0 Å². The van der Waals surface area contributed by atoms with Crippen molar-refractivity contribution in [2.75, 3.05) is 13.7 Å². The summed E-state index contributed by atoms with van der Waals surface area (Å²) in [7, 11) is 1.61. The highest BCUT2D eigenvalue weighted by molar-refractivity contribution is 9.10. The predicted octanol–water partition coefficient (Wildman–Crippen LogP) is 2.86. The second kappa shape index (κ2) is 5.56. The van der Waals surface area contributed by atoms with Gasteiger partial charge in [0.25, 0.3) is 0 Å². The van der Waals surface area contributed by atoms with E-state index >= 15 is 0 Å². The zero-order chi connectivity index (χ0) is 10.4. The molecule has 0 atom stereocenters. The maximum atomic E-state index is 5.45. The van der Waals surface area contributed by atoms with Crippen LogP contribution in [0.3, 0.4) is 0 Å². The fourth-order valence-corrected chi connectivity index (χ4v) is 1.32. The molecule has 0 saturated heterocycles. The normalized spacial score (nSPS) is 9.21. The van der Waals surface area contributed by atoms with Crippen LogP contribution in [0.2, 0.25) is 0 Å². The average molecular weight is 255 g/mol. The molecule has 1 rings (SSSR count). The molecule has 0 unspecified atom stereocenters. The quantitative estimate of drug-likeness (QED) is 0.608. The number of halogens is 1. The lowest BCUT2D eigenvalue weighted by molar-refractivity contribution is 0.301. The first kappa shape index (κ1) is 10.9. The van der Waals surface area contributed by atoms with Gasteiger partial charge in [-0.25, -0.2) is 0 Å². The van der Waals surface area contributed by atoms with Gasteiger partial charge < -0.3 is 9.47 Å². The van der Waals surface area contributed by atoms with Crippen molar-refractivity contribution >= 4 is 15.9 Å². The standard InChI is InChI=1S/C11H11BrO2/c1-3-4-7-14-11-8-9(12)5-6-10(11)13-2/h1,5-6,8H,4,7H2,2H3. The third-order valence-electron chi connectivity index (χ3n) is 1.63. The van der Waals surface area contributed by atoms with Gasteiger partial charge in [-0.15, -0.1) is 12.3 Å². The van der Waals surface area contributed by atoms with Crippen molar-refractivity contribution in [2.24, 2.45) is 0 Å². The molecule has 74 valence electrons. The van der Waals surface area contributed by atoms with E-state index in [0.717, 1.165) is 4.47 Å². The van der Waals surface area contributed by atoms with Gasteiger partial charge in [0.15, 0.2) is 11.5 Å².